The van der Waals surface area contributed by atoms with E-state index < -0.39 is 53.5 Å². The average Bonchev–Trinajstić information content (AvgIpc) is 3.54. The van der Waals surface area contributed by atoms with Crippen LogP contribution in [0.15, 0.2) is 35.3 Å². The minimum absolute atomic E-state index is 0.00343. The number of pyridine rings is 1. The summed E-state index contributed by atoms with van der Waals surface area (Å²) in [6.07, 6.45) is -4.40. The van der Waals surface area contributed by atoms with Gasteiger partial charge in [0.2, 0.25) is 0 Å². The van der Waals surface area contributed by atoms with Crippen LogP contribution in [-0.4, -0.2) is 47.5 Å². The number of fused-ring (bicyclic) bond motifs is 1. The Bertz CT molecular complexity index is 1260. The number of piperidine rings is 1. The van der Waals surface area contributed by atoms with E-state index in [1.165, 1.54) is 6.92 Å². The van der Waals surface area contributed by atoms with Gasteiger partial charge >= 0.3 is 6.18 Å². The summed E-state index contributed by atoms with van der Waals surface area (Å²) in [5.74, 6) is -4.77. The first-order valence-corrected chi connectivity index (χ1v) is 11.5. The molecule has 12 heteroatoms. The van der Waals surface area contributed by atoms with Gasteiger partial charge < -0.3 is 20.1 Å². The van der Waals surface area contributed by atoms with Crippen LogP contribution < -0.4 is 16.2 Å². The molecule has 2 aromatic rings. The molecule has 3 aliphatic rings. The molecule has 5 atom stereocenters. The van der Waals surface area contributed by atoms with Crippen LogP contribution in [0.3, 0.4) is 0 Å². The van der Waals surface area contributed by atoms with Crippen molar-refractivity contribution in [3.05, 3.63) is 63.3 Å². The summed E-state index contributed by atoms with van der Waals surface area (Å²) < 4.78 is 82.2. The van der Waals surface area contributed by atoms with Crippen molar-refractivity contribution in [3.63, 3.8) is 0 Å². The number of amides is 1. The van der Waals surface area contributed by atoms with E-state index in [0.29, 0.717) is 17.9 Å². The Balaban J connectivity index is 1.43. The Morgan fingerprint density at radius 1 is 1.19 bits per heavy atom. The third kappa shape index (κ3) is 4.35. The SMILES string of the molecule is C[C@@H](NC(=O)c1cn([C@H]2CC2(F)F)c(=O)cc1N[C@@H]1[C@@H]2CN(C)C[C@@H]21)c1cccc(C(F)(F)F)c1F. The molecular formula is C24H24F6N4O2. The number of alkyl halides is 5. The Morgan fingerprint density at radius 2 is 1.83 bits per heavy atom. The summed E-state index contributed by atoms with van der Waals surface area (Å²) >= 11 is 0. The number of anilines is 1. The largest absolute Gasteiger partial charge is 0.419 e. The number of hydrogen-bond acceptors (Lipinski definition) is 4. The minimum atomic E-state index is -4.91. The molecular weight excluding hydrogens is 490 g/mol. The fourth-order valence-electron chi connectivity index (χ4n) is 5.18. The van der Waals surface area contributed by atoms with Gasteiger partial charge in [-0.1, -0.05) is 12.1 Å². The number of rotatable bonds is 6. The number of benzene rings is 1. The maximum atomic E-state index is 14.6. The third-order valence-electron chi connectivity index (χ3n) is 7.30. The number of nitrogens with one attached hydrogen (secondary N) is 2. The van der Waals surface area contributed by atoms with Crippen LogP contribution in [0.1, 0.15) is 46.9 Å². The number of nitrogens with zero attached hydrogens (tertiary/aromatic N) is 2. The second-order valence-electron chi connectivity index (χ2n) is 9.95. The topological polar surface area (TPSA) is 66.4 Å². The lowest BCUT2D eigenvalue weighted by Crippen LogP contribution is -2.32. The van der Waals surface area contributed by atoms with Crippen molar-refractivity contribution in [3.8, 4) is 0 Å². The highest BCUT2D eigenvalue weighted by molar-refractivity contribution is 5.99. The van der Waals surface area contributed by atoms with Crippen LogP contribution in [0, 0.1) is 17.7 Å². The number of likely N-dealkylation sites (tertiary alicyclic amines) is 1. The molecule has 1 saturated heterocycles. The van der Waals surface area contributed by atoms with Gasteiger partial charge in [-0.15, -0.1) is 0 Å². The van der Waals surface area contributed by atoms with E-state index in [1.54, 1.807) is 0 Å². The zero-order chi connectivity index (χ0) is 26.2. The molecule has 2 N–H and O–H groups in total. The average molecular weight is 514 g/mol. The molecule has 194 valence electrons. The van der Waals surface area contributed by atoms with Gasteiger partial charge in [0.05, 0.1) is 22.9 Å². The van der Waals surface area contributed by atoms with Gasteiger partial charge in [0.25, 0.3) is 17.4 Å². The molecule has 36 heavy (non-hydrogen) atoms. The molecule has 0 bridgehead atoms. The summed E-state index contributed by atoms with van der Waals surface area (Å²) in [4.78, 5) is 28.0. The molecule has 6 nitrogen and oxygen atoms in total. The highest BCUT2D eigenvalue weighted by Crippen LogP contribution is 2.52. The number of hydrogen-bond donors (Lipinski definition) is 2. The van der Waals surface area contributed by atoms with Crippen LogP contribution in [0.5, 0.6) is 0 Å². The molecule has 5 rings (SSSR count). The summed E-state index contributed by atoms with van der Waals surface area (Å²) in [5.41, 5.74) is -2.50. The van der Waals surface area contributed by atoms with Crippen LogP contribution in [0.4, 0.5) is 32.0 Å². The maximum absolute atomic E-state index is 14.6. The second-order valence-corrected chi connectivity index (χ2v) is 9.95. The Morgan fingerprint density at radius 3 is 2.42 bits per heavy atom. The minimum Gasteiger partial charge on any atom is -0.381 e. The zero-order valence-corrected chi connectivity index (χ0v) is 19.4. The standard InChI is InChI=1S/C24H24F6N4O2/c1-11(12-4-3-5-16(20(12)25)24(28,29)30)31-22(36)15-10-34(18-7-23(18,26)27)19(35)6-17(15)32-21-13-8-33(2)9-14(13)21/h3-6,10-11,13-14,18,21,32H,7-9H2,1-2H3,(H,31,36)/t11-,13-,14+,18+,21-/m1/s1. The van der Waals surface area contributed by atoms with Crippen molar-refractivity contribution < 1.29 is 31.1 Å². The Kier molecular flexibility index (Phi) is 5.66. The Hall–Kier alpha value is -3.02. The van der Waals surface area contributed by atoms with Crippen molar-refractivity contribution in [2.24, 2.45) is 11.8 Å². The lowest BCUT2D eigenvalue weighted by atomic mass is 10.0. The smallest absolute Gasteiger partial charge is 0.381 e. The highest BCUT2D eigenvalue weighted by atomic mass is 19.4. The molecule has 2 saturated carbocycles. The van der Waals surface area contributed by atoms with E-state index in [1.807, 2.05) is 7.05 Å². The van der Waals surface area contributed by atoms with Crippen molar-refractivity contribution in [2.45, 2.75) is 43.6 Å². The number of carbonyl (C=O) groups excluding carboxylic acids is 1. The molecule has 1 amide bonds. The molecule has 0 unspecified atom stereocenters. The van der Waals surface area contributed by atoms with Gasteiger partial charge in [-0.2, -0.15) is 13.2 Å². The normalized spacial score (nSPS) is 27.3. The molecule has 1 aliphatic heterocycles. The molecule has 3 fully saturated rings. The van der Waals surface area contributed by atoms with E-state index >= 15 is 0 Å². The maximum Gasteiger partial charge on any atom is 0.419 e. The molecule has 1 aromatic carbocycles. The van der Waals surface area contributed by atoms with Gasteiger partial charge in [-0.05, 0) is 31.9 Å². The van der Waals surface area contributed by atoms with Crippen molar-refractivity contribution in [1.82, 2.24) is 14.8 Å². The van der Waals surface area contributed by atoms with Crippen LogP contribution >= 0.6 is 0 Å². The van der Waals surface area contributed by atoms with E-state index in [2.05, 4.69) is 15.5 Å². The summed E-state index contributed by atoms with van der Waals surface area (Å²) in [6.45, 7) is 2.98. The monoisotopic (exact) mass is 514 g/mol. The van der Waals surface area contributed by atoms with Crippen molar-refractivity contribution in [1.29, 1.82) is 0 Å². The van der Waals surface area contributed by atoms with Gasteiger partial charge in [0, 0.05) is 43.4 Å². The Labute approximate surface area is 202 Å². The lowest BCUT2D eigenvalue weighted by molar-refractivity contribution is -0.140. The number of halogens is 6. The second kappa shape index (κ2) is 8.25. The third-order valence-corrected chi connectivity index (χ3v) is 7.30. The number of aromatic nitrogens is 1. The van der Waals surface area contributed by atoms with E-state index in [-0.39, 0.29) is 22.9 Å². The van der Waals surface area contributed by atoms with Crippen LogP contribution in [-0.2, 0) is 6.18 Å². The fraction of sp³-hybridized carbons (Fsp3) is 0.500. The molecule has 2 heterocycles. The summed E-state index contributed by atoms with van der Waals surface area (Å²) in [7, 11) is 1.98. The summed E-state index contributed by atoms with van der Waals surface area (Å²) in [5, 5.41) is 5.63. The molecule has 0 spiro atoms. The van der Waals surface area contributed by atoms with Gasteiger partial charge in [0.1, 0.15) is 11.9 Å². The van der Waals surface area contributed by atoms with Gasteiger partial charge in [-0.25, -0.2) is 13.2 Å². The molecule has 0 radical (unpaired) electrons. The van der Waals surface area contributed by atoms with Crippen LogP contribution in [0.2, 0.25) is 0 Å². The number of carbonyl (C=O) groups is 1. The predicted octanol–water partition coefficient (Wildman–Crippen LogP) is 4.05. The van der Waals surface area contributed by atoms with E-state index in [4.69, 9.17) is 0 Å². The highest BCUT2D eigenvalue weighted by Gasteiger charge is 2.59. The molecule has 1 aromatic heterocycles. The molecule has 2 aliphatic carbocycles. The van der Waals surface area contributed by atoms with Crippen molar-refractivity contribution in [2.75, 3.05) is 25.5 Å². The first-order valence-electron chi connectivity index (χ1n) is 11.5. The quantitative estimate of drug-likeness (QED) is 0.571. The predicted molar refractivity (Wildman–Crippen MR) is 118 cm³/mol. The van der Waals surface area contributed by atoms with Crippen LogP contribution in [0.25, 0.3) is 0 Å². The van der Waals surface area contributed by atoms with Gasteiger partial charge in [-0.3, -0.25) is 9.59 Å². The zero-order valence-electron chi connectivity index (χ0n) is 19.4. The summed E-state index contributed by atoms with van der Waals surface area (Å²) in [6, 6.07) is 1.31. The first kappa shape index (κ1) is 24.7. The first-order chi connectivity index (χ1) is 16.8. The van der Waals surface area contributed by atoms with E-state index in [9.17, 15) is 35.9 Å². The lowest BCUT2D eigenvalue weighted by Gasteiger charge is -2.20. The van der Waals surface area contributed by atoms with E-state index in [0.717, 1.165) is 42.1 Å². The van der Waals surface area contributed by atoms with Crippen molar-refractivity contribution >= 4 is 11.6 Å². The van der Waals surface area contributed by atoms with Gasteiger partial charge in [0.15, 0.2) is 0 Å². The fourth-order valence-corrected chi connectivity index (χ4v) is 5.18.